The van der Waals surface area contributed by atoms with E-state index < -0.39 is 0 Å². The average molecular weight is 180 g/mol. The molecule has 0 amide bonds. The highest BCUT2D eigenvalue weighted by Crippen LogP contribution is 2.25. The van der Waals surface area contributed by atoms with E-state index in [4.69, 9.17) is 9.47 Å². The Morgan fingerprint density at radius 3 is 2.31 bits per heavy atom. The monoisotopic (exact) mass is 180 g/mol. The molecule has 0 fully saturated rings. The molecule has 0 bridgehead atoms. The van der Waals surface area contributed by atoms with E-state index >= 15 is 0 Å². The topological polar surface area (TPSA) is 18.5 Å². The van der Waals surface area contributed by atoms with Gasteiger partial charge in [-0.15, -0.1) is 0 Å². The fraction of sp³-hybridized carbons (Fsp3) is 0.455. The van der Waals surface area contributed by atoms with Gasteiger partial charge in [0, 0.05) is 0 Å². The van der Waals surface area contributed by atoms with Crippen LogP contribution in [0.5, 0.6) is 11.5 Å². The summed E-state index contributed by atoms with van der Waals surface area (Å²) in [4.78, 5) is 0. The van der Waals surface area contributed by atoms with E-state index in [0.29, 0.717) is 5.92 Å². The van der Waals surface area contributed by atoms with Crippen molar-refractivity contribution < 1.29 is 9.47 Å². The predicted octanol–water partition coefficient (Wildman–Crippen LogP) is 2.73. The lowest BCUT2D eigenvalue weighted by Gasteiger charge is -2.11. The standard InChI is InChI=1S/C11H16O2/c1-9(2)8-13-11-7-5-4-6-10(11)12-3/h4-7,9H,8H2,1-3H3. The molecule has 0 radical (unpaired) electrons. The molecule has 2 nitrogen and oxygen atoms in total. The lowest BCUT2D eigenvalue weighted by molar-refractivity contribution is 0.257. The zero-order chi connectivity index (χ0) is 9.68. The summed E-state index contributed by atoms with van der Waals surface area (Å²) in [5, 5.41) is 0. The van der Waals surface area contributed by atoms with Gasteiger partial charge in [0.25, 0.3) is 0 Å². The summed E-state index contributed by atoms with van der Waals surface area (Å²) in [6.45, 7) is 4.96. The van der Waals surface area contributed by atoms with E-state index in [1.165, 1.54) is 0 Å². The minimum Gasteiger partial charge on any atom is -0.493 e. The third-order valence-electron chi connectivity index (χ3n) is 1.64. The molecule has 0 unspecified atom stereocenters. The maximum absolute atomic E-state index is 5.56. The first-order valence-corrected chi connectivity index (χ1v) is 4.50. The number of rotatable bonds is 4. The van der Waals surface area contributed by atoms with Gasteiger partial charge in [-0.3, -0.25) is 0 Å². The van der Waals surface area contributed by atoms with Crippen molar-refractivity contribution in [1.82, 2.24) is 0 Å². The molecular formula is C11H16O2. The smallest absolute Gasteiger partial charge is 0.161 e. The minimum atomic E-state index is 0.532. The van der Waals surface area contributed by atoms with Crippen LogP contribution in [0.15, 0.2) is 24.3 Å². The van der Waals surface area contributed by atoms with Crippen LogP contribution in [0.3, 0.4) is 0 Å². The Labute approximate surface area is 79.5 Å². The molecule has 0 aliphatic rings. The quantitative estimate of drug-likeness (QED) is 0.709. The first-order chi connectivity index (χ1) is 6.24. The molecule has 0 spiro atoms. The van der Waals surface area contributed by atoms with Crippen LogP contribution < -0.4 is 9.47 Å². The number of para-hydroxylation sites is 2. The summed E-state index contributed by atoms with van der Waals surface area (Å²) in [5.41, 5.74) is 0. The highest BCUT2D eigenvalue weighted by atomic mass is 16.5. The second-order valence-corrected chi connectivity index (χ2v) is 3.36. The highest BCUT2D eigenvalue weighted by Gasteiger charge is 2.02. The highest BCUT2D eigenvalue weighted by molar-refractivity contribution is 5.39. The zero-order valence-corrected chi connectivity index (χ0v) is 8.41. The molecule has 0 aliphatic carbocycles. The zero-order valence-electron chi connectivity index (χ0n) is 8.41. The van der Waals surface area contributed by atoms with E-state index in [2.05, 4.69) is 13.8 Å². The van der Waals surface area contributed by atoms with Gasteiger partial charge in [0.2, 0.25) is 0 Å². The van der Waals surface area contributed by atoms with Crippen molar-refractivity contribution in [2.24, 2.45) is 5.92 Å². The van der Waals surface area contributed by atoms with Crippen molar-refractivity contribution in [2.75, 3.05) is 13.7 Å². The average Bonchev–Trinajstić information content (AvgIpc) is 2.15. The molecule has 0 aliphatic heterocycles. The Bertz CT molecular complexity index is 256. The maximum atomic E-state index is 5.56. The van der Waals surface area contributed by atoms with Crippen LogP contribution in [0.1, 0.15) is 13.8 Å². The molecular weight excluding hydrogens is 164 g/mol. The van der Waals surface area contributed by atoms with Gasteiger partial charge in [-0.05, 0) is 18.1 Å². The van der Waals surface area contributed by atoms with Crippen LogP contribution in [0.2, 0.25) is 0 Å². The van der Waals surface area contributed by atoms with Crippen LogP contribution >= 0.6 is 0 Å². The summed E-state index contributed by atoms with van der Waals surface area (Å²) in [6.07, 6.45) is 0. The second kappa shape index (κ2) is 4.75. The van der Waals surface area contributed by atoms with Crippen LogP contribution in [0.4, 0.5) is 0 Å². The van der Waals surface area contributed by atoms with E-state index in [1.807, 2.05) is 24.3 Å². The van der Waals surface area contributed by atoms with Crippen LogP contribution in [-0.4, -0.2) is 13.7 Å². The van der Waals surface area contributed by atoms with Crippen LogP contribution in [-0.2, 0) is 0 Å². The molecule has 1 aromatic carbocycles. The predicted molar refractivity (Wildman–Crippen MR) is 53.3 cm³/mol. The number of ether oxygens (including phenoxy) is 2. The fourth-order valence-electron chi connectivity index (χ4n) is 0.994. The van der Waals surface area contributed by atoms with Crippen molar-refractivity contribution >= 4 is 0 Å². The fourth-order valence-corrected chi connectivity index (χ4v) is 0.994. The van der Waals surface area contributed by atoms with Crippen molar-refractivity contribution in [3.63, 3.8) is 0 Å². The Morgan fingerprint density at radius 1 is 1.15 bits per heavy atom. The normalized spacial score (nSPS) is 10.2. The first kappa shape index (κ1) is 9.90. The number of methoxy groups -OCH3 is 1. The molecule has 0 saturated carbocycles. The molecule has 13 heavy (non-hydrogen) atoms. The lowest BCUT2D eigenvalue weighted by Crippen LogP contribution is -2.05. The van der Waals surface area contributed by atoms with Crippen molar-refractivity contribution in [2.45, 2.75) is 13.8 Å². The summed E-state index contributed by atoms with van der Waals surface area (Å²) >= 11 is 0. The molecule has 2 heteroatoms. The van der Waals surface area contributed by atoms with Gasteiger partial charge >= 0.3 is 0 Å². The first-order valence-electron chi connectivity index (χ1n) is 4.50. The Morgan fingerprint density at radius 2 is 1.77 bits per heavy atom. The van der Waals surface area contributed by atoms with E-state index in [9.17, 15) is 0 Å². The summed E-state index contributed by atoms with van der Waals surface area (Å²) < 4.78 is 10.7. The molecule has 0 aromatic heterocycles. The molecule has 1 aromatic rings. The van der Waals surface area contributed by atoms with Crippen LogP contribution in [0.25, 0.3) is 0 Å². The minimum absolute atomic E-state index is 0.532. The Hall–Kier alpha value is -1.18. The van der Waals surface area contributed by atoms with Gasteiger partial charge in [-0.1, -0.05) is 26.0 Å². The number of hydrogen-bond acceptors (Lipinski definition) is 2. The molecule has 0 N–H and O–H groups in total. The van der Waals surface area contributed by atoms with Crippen molar-refractivity contribution in [3.05, 3.63) is 24.3 Å². The van der Waals surface area contributed by atoms with Crippen molar-refractivity contribution in [1.29, 1.82) is 0 Å². The maximum Gasteiger partial charge on any atom is 0.161 e. The summed E-state index contributed by atoms with van der Waals surface area (Å²) in [6, 6.07) is 7.69. The molecule has 1 rings (SSSR count). The van der Waals surface area contributed by atoms with E-state index in [1.54, 1.807) is 7.11 Å². The number of benzene rings is 1. The largest absolute Gasteiger partial charge is 0.493 e. The van der Waals surface area contributed by atoms with Gasteiger partial charge in [0.05, 0.1) is 13.7 Å². The van der Waals surface area contributed by atoms with Gasteiger partial charge in [-0.25, -0.2) is 0 Å². The van der Waals surface area contributed by atoms with Crippen LogP contribution in [0, 0.1) is 5.92 Å². The van der Waals surface area contributed by atoms with E-state index in [-0.39, 0.29) is 0 Å². The molecule has 0 heterocycles. The summed E-state index contributed by atoms with van der Waals surface area (Å²) in [7, 11) is 1.65. The molecule has 72 valence electrons. The number of hydrogen-bond donors (Lipinski definition) is 0. The Kier molecular flexibility index (Phi) is 3.62. The van der Waals surface area contributed by atoms with Crippen molar-refractivity contribution in [3.8, 4) is 11.5 Å². The third-order valence-corrected chi connectivity index (χ3v) is 1.64. The lowest BCUT2D eigenvalue weighted by atomic mass is 10.2. The molecule has 0 atom stereocenters. The van der Waals surface area contributed by atoms with E-state index in [0.717, 1.165) is 18.1 Å². The van der Waals surface area contributed by atoms with Gasteiger partial charge in [0.15, 0.2) is 11.5 Å². The van der Waals surface area contributed by atoms with Gasteiger partial charge in [0.1, 0.15) is 0 Å². The van der Waals surface area contributed by atoms with Gasteiger partial charge in [-0.2, -0.15) is 0 Å². The van der Waals surface area contributed by atoms with Gasteiger partial charge < -0.3 is 9.47 Å². The third kappa shape index (κ3) is 2.98. The summed E-state index contributed by atoms with van der Waals surface area (Å²) in [5.74, 6) is 2.15. The molecule has 0 saturated heterocycles. The Balaban J connectivity index is 2.64. The second-order valence-electron chi connectivity index (χ2n) is 3.36. The SMILES string of the molecule is COc1ccccc1OCC(C)C.